The molecule has 170 valence electrons. The van der Waals surface area contributed by atoms with E-state index in [2.05, 4.69) is 5.32 Å². The zero-order valence-electron chi connectivity index (χ0n) is 17.0. The van der Waals surface area contributed by atoms with Crippen LogP contribution in [-0.4, -0.2) is 79.9 Å². The summed E-state index contributed by atoms with van der Waals surface area (Å²) in [6, 6.07) is 2.97. The number of amides is 3. The van der Waals surface area contributed by atoms with Crippen molar-refractivity contribution in [2.75, 3.05) is 39.9 Å². The van der Waals surface area contributed by atoms with Gasteiger partial charge in [-0.1, -0.05) is 6.07 Å². The summed E-state index contributed by atoms with van der Waals surface area (Å²) in [5.41, 5.74) is -0.271. The van der Waals surface area contributed by atoms with E-state index in [1.165, 1.54) is 13.2 Å². The van der Waals surface area contributed by atoms with Gasteiger partial charge in [-0.2, -0.15) is 13.2 Å². The minimum Gasteiger partial charge on any atom is -0.496 e. The third kappa shape index (κ3) is 4.72. The smallest absolute Gasteiger partial charge is 0.416 e. The number of morpholine rings is 1. The fraction of sp³-hybridized carbons (Fsp3) is 0.600. The molecule has 11 heteroatoms. The summed E-state index contributed by atoms with van der Waals surface area (Å²) in [6.45, 7) is 1.90. The van der Waals surface area contributed by atoms with Crippen molar-refractivity contribution in [2.24, 2.45) is 0 Å². The Bertz CT molecular complexity index is 844. The van der Waals surface area contributed by atoms with E-state index in [4.69, 9.17) is 14.2 Å². The highest BCUT2D eigenvalue weighted by atomic mass is 19.4. The highest BCUT2D eigenvalue weighted by molar-refractivity contribution is 5.79. The van der Waals surface area contributed by atoms with Crippen LogP contribution in [0.4, 0.5) is 18.0 Å². The Labute approximate surface area is 177 Å². The van der Waals surface area contributed by atoms with Crippen LogP contribution in [-0.2, 0) is 27.1 Å². The van der Waals surface area contributed by atoms with Crippen LogP contribution >= 0.6 is 0 Å². The molecule has 8 nitrogen and oxygen atoms in total. The number of hydrogen-bond donors (Lipinski definition) is 1. The number of carbonyl (C=O) groups excluding carboxylic acids is 2. The van der Waals surface area contributed by atoms with Gasteiger partial charge in [0.15, 0.2) is 0 Å². The Morgan fingerprint density at radius 2 is 2.03 bits per heavy atom. The first-order chi connectivity index (χ1) is 14.7. The van der Waals surface area contributed by atoms with Crippen molar-refractivity contribution in [3.05, 3.63) is 29.3 Å². The lowest BCUT2D eigenvalue weighted by Gasteiger charge is -2.46. The predicted molar refractivity (Wildman–Crippen MR) is 101 cm³/mol. The number of fused-ring (bicyclic) bond motifs is 1. The van der Waals surface area contributed by atoms with Crippen molar-refractivity contribution in [3.8, 4) is 5.75 Å². The molecule has 0 spiro atoms. The quantitative estimate of drug-likeness (QED) is 0.765. The zero-order valence-corrected chi connectivity index (χ0v) is 17.0. The molecule has 3 saturated heterocycles. The molecule has 0 aliphatic carbocycles. The molecular formula is C20H24F3N3O5. The molecule has 1 N–H and O–H groups in total. The fourth-order valence-corrected chi connectivity index (χ4v) is 4.02. The van der Waals surface area contributed by atoms with E-state index in [0.29, 0.717) is 38.2 Å². The minimum absolute atomic E-state index is 0.0595. The molecule has 3 aliphatic rings. The van der Waals surface area contributed by atoms with Gasteiger partial charge in [0.1, 0.15) is 12.4 Å². The van der Waals surface area contributed by atoms with Gasteiger partial charge in [-0.15, -0.1) is 0 Å². The number of nitrogens with zero attached hydrogens (tertiary/aromatic N) is 2. The van der Waals surface area contributed by atoms with Crippen LogP contribution in [0.2, 0.25) is 0 Å². The summed E-state index contributed by atoms with van der Waals surface area (Å²) in [5.74, 6) is -0.0617. The summed E-state index contributed by atoms with van der Waals surface area (Å²) in [7, 11) is 1.31. The number of ether oxygens (including phenoxy) is 3. The van der Waals surface area contributed by atoms with Crippen LogP contribution in [0.15, 0.2) is 18.2 Å². The number of urea groups is 1. The van der Waals surface area contributed by atoms with Gasteiger partial charge >= 0.3 is 12.2 Å². The molecule has 3 heterocycles. The topological polar surface area (TPSA) is 80.3 Å². The second kappa shape index (κ2) is 8.54. The highest BCUT2D eigenvalue weighted by Gasteiger charge is 2.40. The maximum absolute atomic E-state index is 12.8. The van der Waals surface area contributed by atoms with Crippen molar-refractivity contribution < 1.29 is 37.0 Å². The molecule has 0 unspecified atom stereocenters. The standard InChI is InChI=1S/C20H24F3N3O5/c1-29-17-6-13(20(21,22)23)3-2-12(17)10-30-14-7-26(8-14)19(28)25-5-4-16-15(9-25)24-18(27)11-31-16/h2-3,6,14-16H,4-5,7-11H2,1H3,(H,24,27)/t15-,16+/m1/s1. The number of alkyl halides is 3. The van der Waals surface area contributed by atoms with E-state index in [0.717, 1.165) is 12.1 Å². The molecule has 3 fully saturated rings. The molecule has 0 aromatic heterocycles. The number of methoxy groups -OCH3 is 1. The van der Waals surface area contributed by atoms with Crippen LogP contribution in [0.5, 0.6) is 5.75 Å². The van der Waals surface area contributed by atoms with E-state index in [9.17, 15) is 22.8 Å². The normalized spacial score (nSPS) is 24.3. The molecule has 0 saturated carbocycles. The molecule has 31 heavy (non-hydrogen) atoms. The molecule has 3 amide bonds. The first kappa shape index (κ1) is 21.7. The lowest BCUT2D eigenvalue weighted by molar-refractivity contribution is -0.140. The van der Waals surface area contributed by atoms with Gasteiger partial charge in [-0.25, -0.2) is 4.79 Å². The molecule has 2 atom stereocenters. The SMILES string of the molecule is COc1cc(C(F)(F)F)ccc1COC1CN(C(=O)N2CC[C@@H]3OCC(=O)N[C@@H]3C2)C1. The van der Waals surface area contributed by atoms with E-state index in [1.807, 2.05) is 0 Å². The highest BCUT2D eigenvalue weighted by Crippen LogP contribution is 2.33. The Hall–Kier alpha value is -2.53. The van der Waals surface area contributed by atoms with Gasteiger partial charge in [0.2, 0.25) is 5.91 Å². The lowest BCUT2D eigenvalue weighted by atomic mass is 10.0. The first-order valence-corrected chi connectivity index (χ1v) is 10.0. The van der Waals surface area contributed by atoms with Crippen molar-refractivity contribution in [3.63, 3.8) is 0 Å². The Morgan fingerprint density at radius 1 is 1.26 bits per heavy atom. The summed E-state index contributed by atoms with van der Waals surface area (Å²) in [6.07, 6.45) is -4.04. The summed E-state index contributed by atoms with van der Waals surface area (Å²) >= 11 is 0. The maximum Gasteiger partial charge on any atom is 0.416 e. The summed E-state index contributed by atoms with van der Waals surface area (Å²) in [4.78, 5) is 27.6. The average Bonchev–Trinajstić information content (AvgIpc) is 2.71. The molecular weight excluding hydrogens is 419 g/mol. The van der Waals surface area contributed by atoms with Crippen molar-refractivity contribution in [1.29, 1.82) is 0 Å². The second-order valence-corrected chi connectivity index (χ2v) is 7.90. The Morgan fingerprint density at radius 3 is 2.74 bits per heavy atom. The zero-order chi connectivity index (χ0) is 22.2. The number of likely N-dealkylation sites (tertiary alicyclic amines) is 2. The van der Waals surface area contributed by atoms with Crippen LogP contribution in [0.3, 0.4) is 0 Å². The summed E-state index contributed by atoms with van der Waals surface area (Å²) < 4.78 is 54.8. The van der Waals surface area contributed by atoms with Crippen molar-refractivity contribution >= 4 is 11.9 Å². The first-order valence-electron chi connectivity index (χ1n) is 10.0. The molecule has 4 rings (SSSR count). The third-order valence-electron chi connectivity index (χ3n) is 5.80. The number of carbonyl (C=O) groups is 2. The van der Waals surface area contributed by atoms with Crippen molar-refractivity contribution in [1.82, 2.24) is 15.1 Å². The number of benzene rings is 1. The average molecular weight is 443 g/mol. The minimum atomic E-state index is -4.44. The molecule has 0 radical (unpaired) electrons. The molecule has 1 aromatic carbocycles. The monoisotopic (exact) mass is 443 g/mol. The number of nitrogens with one attached hydrogen (secondary N) is 1. The maximum atomic E-state index is 12.8. The van der Waals surface area contributed by atoms with Crippen LogP contribution in [0, 0.1) is 0 Å². The Balaban J connectivity index is 1.25. The van der Waals surface area contributed by atoms with E-state index in [-0.39, 0.29) is 49.2 Å². The van der Waals surface area contributed by atoms with E-state index >= 15 is 0 Å². The largest absolute Gasteiger partial charge is 0.496 e. The van der Waals surface area contributed by atoms with Gasteiger partial charge in [-0.05, 0) is 18.6 Å². The number of piperidine rings is 1. The van der Waals surface area contributed by atoms with E-state index < -0.39 is 11.7 Å². The van der Waals surface area contributed by atoms with Crippen LogP contribution < -0.4 is 10.1 Å². The van der Waals surface area contributed by atoms with Crippen LogP contribution in [0.1, 0.15) is 17.5 Å². The predicted octanol–water partition coefficient (Wildman–Crippen LogP) is 1.62. The van der Waals surface area contributed by atoms with Crippen LogP contribution in [0.25, 0.3) is 0 Å². The lowest BCUT2D eigenvalue weighted by Crippen LogP contribution is -2.65. The molecule has 3 aliphatic heterocycles. The molecule has 1 aromatic rings. The van der Waals surface area contributed by atoms with Gasteiger partial charge < -0.3 is 29.3 Å². The van der Waals surface area contributed by atoms with Gasteiger partial charge in [-0.3, -0.25) is 4.79 Å². The van der Waals surface area contributed by atoms with Gasteiger partial charge in [0.25, 0.3) is 0 Å². The molecule has 0 bridgehead atoms. The number of rotatable bonds is 4. The summed E-state index contributed by atoms with van der Waals surface area (Å²) in [5, 5.41) is 2.87. The van der Waals surface area contributed by atoms with Gasteiger partial charge in [0.05, 0.1) is 50.6 Å². The van der Waals surface area contributed by atoms with Crippen molar-refractivity contribution in [2.45, 2.75) is 37.5 Å². The van der Waals surface area contributed by atoms with Gasteiger partial charge in [0, 0.05) is 18.7 Å². The van der Waals surface area contributed by atoms with E-state index in [1.54, 1.807) is 9.80 Å². The third-order valence-corrected chi connectivity index (χ3v) is 5.80. The fourth-order valence-electron chi connectivity index (χ4n) is 4.02. The second-order valence-electron chi connectivity index (χ2n) is 7.90. The Kier molecular flexibility index (Phi) is 5.98. The number of hydrogen-bond acceptors (Lipinski definition) is 5. The number of halogens is 3.